The Hall–Kier alpha value is -2.15. The molecule has 2 heterocycles. The molecule has 7 heteroatoms. The molecule has 2 rings (SSSR count). The normalized spacial score (nSPS) is 18.2. The van der Waals surface area contributed by atoms with Crippen molar-refractivity contribution >= 4 is 17.7 Å². The van der Waals surface area contributed by atoms with Gasteiger partial charge in [-0.3, -0.25) is 14.5 Å². The second-order valence-corrected chi connectivity index (χ2v) is 6.31. The molecule has 1 saturated heterocycles. The first-order chi connectivity index (χ1) is 11.3. The minimum atomic E-state index is -0.441. The van der Waals surface area contributed by atoms with Crippen molar-refractivity contribution in [2.75, 3.05) is 26.7 Å². The number of Topliss-reactive ketones (excluding diaryl/α,β-unsaturated/α-hetero) is 1. The van der Waals surface area contributed by atoms with Gasteiger partial charge in [-0.25, -0.2) is 4.79 Å². The van der Waals surface area contributed by atoms with Crippen LogP contribution in [0, 0.1) is 13.8 Å². The van der Waals surface area contributed by atoms with E-state index in [4.69, 9.17) is 4.74 Å². The highest BCUT2D eigenvalue weighted by Gasteiger charge is 2.26. The summed E-state index contributed by atoms with van der Waals surface area (Å²) >= 11 is 0. The van der Waals surface area contributed by atoms with Crippen LogP contribution in [0.25, 0.3) is 0 Å². The van der Waals surface area contributed by atoms with E-state index in [9.17, 15) is 14.4 Å². The SMILES string of the molecule is COC(=O)c1c(C)[nH]c(C(=O)CN2CCCC(NC(C)=O)C2)c1C. The van der Waals surface area contributed by atoms with Gasteiger partial charge in [-0.2, -0.15) is 0 Å². The lowest BCUT2D eigenvalue weighted by atomic mass is 10.0. The van der Waals surface area contributed by atoms with Gasteiger partial charge in [0.1, 0.15) is 0 Å². The van der Waals surface area contributed by atoms with E-state index < -0.39 is 5.97 Å². The number of H-pyrrole nitrogens is 1. The molecule has 0 aliphatic carbocycles. The topological polar surface area (TPSA) is 91.5 Å². The van der Waals surface area contributed by atoms with Crippen molar-refractivity contribution in [2.45, 2.75) is 39.7 Å². The predicted octanol–water partition coefficient (Wildman–Crippen LogP) is 1.20. The number of likely N-dealkylation sites (tertiary alicyclic amines) is 1. The summed E-state index contributed by atoms with van der Waals surface area (Å²) in [7, 11) is 1.33. The number of ether oxygens (including phenoxy) is 1. The molecule has 1 atom stereocenters. The zero-order valence-corrected chi connectivity index (χ0v) is 14.7. The summed E-state index contributed by atoms with van der Waals surface area (Å²) in [5.74, 6) is -0.551. The molecule has 1 aromatic rings. The van der Waals surface area contributed by atoms with Gasteiger partial charge in [0.25, 0.3) is 0 Å². The highest BCUT2D eigenvalue weighted by atomic mass is 16.5. The molecule has 1 fully saturated rings. The van der Waals surface area contributed by atoms with Crippen LogP contribution in [0.3, 0.4) is 0 Å². The molecule has 0 spiro atoms. The van der Waals surface area contributed by atoms with Crippen molar-refractivity contribution in [2.24, 2.45) is 0 Å². The Bertz CT molecular complexity index is 651. The molecule has 24 heavy (non-hydrogen) atoms. The van der Waals surface area contributed by atoms with Gasteiger partial charge >= 0.3 is 5.97 Å². The molecule has 0 saturated carbocycles. The molecular formula is C17H25N3O4. The third-order valence-electron chi connectivity index (χ3n) is 4.39. The number of piperidine rings is 1. The van der Waals surface area contributed by atoms with Crippen molar-refractivity contribution in [1.29, 1.82) is 0 Å². The average molecular weight is 335 g/mol. The number of esters is 1. The first-order valence-electron chi connectivity index (χ1n) is 8.13. The number of nitrogens with zero attached hydrogens (tertiary/aromatic N) is 1. The number of carbonyl (C=O) groups excluding carboxylic acids is 3. The third-order valence-corrected chi connectivity index (χ3v) is 4.39. The van der Waals surface area contributed by atoms with Crippen LogP contribution in [0.4, 0.5) is 0 Å². The number of hydrogen-bond donors (Lipinski definition) is 2. The molecule has 7 nitrogen and oxygen atoms in total. The molecule has 0 aromatic carbocycles. The van der Waals surface area contributed by atoms with E-state index in [0.29, 0.717) is 29.1 Å². The van der Waals surface area contributed by atoms with E-state index in [1.807, 2.05) is 4.90 Å². The zero-order chi connectivity index (χ0) is 17.9. The second kappa shape index (κ2) is 7.61. The number of hydrogen-bond acceptors (Lipinski definition) is 5. The lowest BCUT2D eigenvalue weighted by Crippen LogP contribution is -2.48. The lowest BCUT2D eigenvalue weighted by Gasteiger charge is -2.32. The van der Waals surface area contributed by atoms with Crippen molar-refractivity contribution < 1.29 is 19.1 Å². The van der Waals surface area contributed by atoms with Gasteiger partial charge in [0.2, 0.25) is 5.91 Å². The Kier molecular flexibility index (Phi) is 5.77. The molecule has 1 unspecified atom stereocenters. The Morgan fingerprint density at radius 3 is 2.67 bits per heavy atom. The third kappa shape index (κ3) is 4.03. The van der Waals surface area contributed by atoms with Crippen LogP contribution < -0.4 is 5.32 Å². The fourth-order valence-corrected chi connectivity index (χ4v) is 3.32. The number of aryl methyl sites for hydroxylation is 1. The largest absolute Gasteiger partial charge is 0.465 e. The molecule has 0 bridgehead atoms. The smallest absolute Gasteiger partial charge is 0.339 e. The van der Waals surface area contributed by atoms with Crippen LogP contribution in [0.5, 0.6) is 0 Å². The lowest BCUT2D eigenvalue weighted by molar-refractivity contribution is -0.120. The molecule has 2 N–H and O–H groups in total. The van der Waals surface area contributed by atoms with Gasteiger partial charge in [0, 0.05) is 25.2 Å². The molecular weight excluding hydrogens is 310 g/mol. The summed E-state index contributed by atoms with van der Waals surface area (Å²) in [6, 6.07) is 0.0844. The molecule has 1 aromatic heterocycles. The number of rotatable bonds is 5. The highest BCUT2D eigenvalue weighted by Crippen LogP contribution is 2.20. The summed E-state index contributed by atoms with van der Waals surface area (Å²) < 4.78 is 4.77. The minimum Gasteiger partial charge on any atom is -0.465 e. The van der Waals surface area contributed by atoms with Crippen LogP contribution in [0.1, 0.15) is 51.9 Å². The predicted molar refractivity (Wildman–Crippen MR) is 89.2 cm³/mol. The maximum Gasteiger partial charge on any atom is 0.339 e. The summed E-state index contributed by atoms with van der Waals surface area (Å²) in [5, 5.41) is 2.91. The van der Waals surface area contributed by atoms with Gasteiger partial charge < -0.3 is 15.0 Å². The monoisotopic (exact) mass is 335 g/mol. The number of aromatic amines is 1. The summed E-state index contributed by atoms with van der Waals surface area (Å²) in [4.78, 5) is 40.7. The van der Waals surface area contributed by atoms with Crippen LogP contribution in [-0.2, 0) is 9.53 Å². The van der Waals surface area contributed by atoms with E-state index in [-0.39, 0.29) is 24.3 Å². The number of amides is 1. The number of aromatic nitrogens is 1. The molecule has 1 aliphatic rings. The van der Waals surface area contributed by atoms with E-state index in [2.05, 4.69) is 10.3 Å². The van der Waals surface area contributed by atoms with E-state index in [1.165, 1.54) is 14.0 Å². The van der Waals surface area contributed by atoms with Crippen molar-refractivity contribution in [3.8, 4) is 0 Å². The summed E-state index contributed by atoms with van der Waals surface area (Å²) in [6.45, 7) is 6.75. The van der Waals surface area contributed by atoms with Gasteiger partial charge in [0.05, 0.1) is 24.9 Å². The number of nitrogens with one attached hydrogen (secondary N) is 2. The maximum absolute atomic E-state index is 12.6. The standard InChI is InChI=1S/C17H25N3O4/c1-10-15(17(23)24-4)11(2)18-16(10)14(22)9-20-7-5-6-13(8-20)19-12(3)21/h13,18H,5-9H2,1-4H3,(H,19,21). The van der Waals surface area contributed by atoms with Crippen molar-refractivity contribution in [3.63, 3.8) is 0 Å². The van der Waals surface area contributed by atoms with Crippen LogP contribution in [-0.4, -0.2) is 60.3 Å². The Morgan fingerprint density at radius 2 is 2.04 bits per heavy atom. The van der Waals surface area contributed by atoms with Crippen molar-refractivity contribution in [1.82, 2.24) is 15.2 Å². The molecule has 1 aliphatic heterocycles. The zero-order valence-electron chi connectivity index (χ0n) is 14.7. The Labute approximate surface area is 141 Å². The van der Waals surface area contributed by atoms with E-state index in [1.54, 1.807) is 13.8 Å². The minimum absolute atomic E-state index is 0.0493. The molecule has 1 amide bonds. The van der Waals surface area contributed by atoms with Crippen LogP contribution in [0.2, 0.25) is 0 Å². The summed E-state index contributed by atoms with van der Waals surface area (Å²) in [6.07, 6.45) is 1.87. The Morgan fingerprint density at radius 1 is 1.33 bits per heavy atom. The number of methoxy groups -OCH3 is 1. The van der Waals surface area contributed by atoms with Gasteiger partial charge in [0.15, 0.2) is 5.78 Å². The number of ketones is 1. The molecule has 132 valence electrons. The molecule has 0 radical (unpaired) electrons. The average Bonchev–Trinajstić information content (AvgIpc) is 2.81. The highest BCUT2D eigenvalue weighted by molar-refractivity contribution is 6.02. The first-order valence-corrected chi connectivity index (χ1v) is 8.13. The quantitative estimate of drug-likeness (QED) is 0.623. The van der Waals surface area contributed by atoms with Crippen LogP contribution in [0.15, 0.2) is 0 Å². The number of carbonyl (C=O) groups is 3. The van der Waals surface area contributed by atoms with Gasteiger partial charge in [-0.15, -0.1) is 0 Å². The van der Waals surface area contributed by atoms with Gasteiger partial charge in [-0.05, 0) is 38.8 Å². The van der Waals surface area contributed by atoms with Crippen LogP contribution >= 0.6 is 0 Å². The Balaban J connectivity index is 2.07. The van der Waals surface area contributed by atoms with Gasteiger partial charge in [-0.1, -0.05) is 0 Å². The first kappa shape index (κ1) is 18.2. The fraction of sp³-hybridized carbons (Fsp3) is 0.588. The van der Waals surface area contributed by atoms with E-state index >= 15 is 0 Å². The fourth-order valence-electron chi connectivity index (χ4n) is 3.32. The van der Waals surface area contributed by atoms with E-state index in [0.717, 1.165) is 19.4 Å². The summed E-state index contributed by atoms with van der Waals surface area (Å²) in [5.41, 5.74) is 2.14. The second-order valence-electron chi connectivity index (χ2n) is 6.31. The maximum atomic E-state index is 12.6. The van der Waals surface area contributed by atoms with Crippen molar-refractivity contribution in [3.05, 3.63) is 22.5 Å².